The first kappa shape index (κ1) is 17.1. The number of nitriles is 1. The SMILES string of the molecule is CCCN(CC(F)(F)F)c1ccc(C(F)(F)F)cc1C#N. The van der Waals surface area contributed by atoms with E-state index in [2.05, 4.69) is 0 Å². The van der Waals surface area contributed by atoms with Crippen LogP contribution in [0.15, 0.2) is 18.2 Å². The smallest absolute Gasteiger partial charge is 0.362 e. The number of nitrogens with zero attached hydrogens (tertiary/aromatic N) is 2. The van der Waals surface area contributed by atoms with Gasteiger partial charge in [-0.15, -0.1) is 0 Å². The second-order valence-corrected chi connectivity index (χ2v) is 4.38. The van der Waals surface area contributed by atoms with Gasteiger partial charge >= 0.3 is 12.4 Å². The third kappa shape index (κ3) is 4.85. The average Bonchev–Trinajstić information content (AvgIpc) is 2.35. The predicted molar refractivity (Wildman–Crippen MR) is 64.7 cm³/mol. The minimum absolute atomic E-state index is 0.0143. The highest BCUT2D eigenvalue weighted by atomic mass is 19.4. The molecule has 0 aliphatic carbocycles. The average molecular weight is 310 g/mol. The van der Waals surface area contributed by atoms with Gasteiger partial charge in [-0.25, -0.2) is 0 Å². The van der Waals surface area contributed by atoms with Crippen LogP contribution in [0, 0.1) is 11.3 Å². The Morgan fingerprint density at radius 2 is 1.76 bits per heavy atom. The molecule has 0 heterocycles. The molecule has 1 aromatic carbocycles. The highest BCUT2D eigenvalue weighted by Crippen LogP contribution is 2.33. The molecule has 0 radical (unpaired) electrons. The van der Waals surface area contributed by atoms with Gasteiger partial charge in [0.05, 0.1) is 16.8 Å². The first-order valence-electron chi connectivity index (χ1n) is 6.01. The first-order valence-corrected chi connectivity index (χ1v) is 6.01. The predicted octanol–water partition coefficient (Wildman–Crippen LogP) is 4.36. The van der Waals surface area contributed by atoms with Gasteiger partial charge in [0.15, 0.2) is 0 Å². The molecule has 21 heavy (non-hydrogen) atoms. The monoisotopic (exact) mass is 310 g/mol. The van der Waals surface area contributed by atoms with Crippen molar-refractivity contribution in [3.63, 3.8) is 0 Å². The zero-order valence-corrected chi connectivity index (χ0v) is 11.0. The van der Waals surface area contributed by atoms with Gasteiger partial charge < -0.3 is 4.90 Å². The molecular formula is C13H12F6N2. The maximum atomic E-state index is 12.6. The van der Waals surface area contributed by atoms with E-state index in [9.17, 15) is 26.3 Å². The van der Waals surface area contributed by atoms with Crippen LogP contribution in [0.1, 0.15) is 24.5 Å². The summed E-state index contributed by atoms with van der Waals surface area (Å²) in [4.78, 5) is 0.860. The lowest BCUT2D eigenvalue weighted by Crippen LogP contribution is -2.35. The van der Waals surface area contributed by atoms with Crippen molar-refractivity contribution >= 4 is 5.69 Å². The number of hydrogen-bond donors (Lipinski definition) is 0. The third-order valence-electron chi connectivity index (χ3n) is 2.65. The minimum Gasteiger partial charge on any atom is -0.362 e. The molecule has 1 rings (SSSR count). The van der Waals surface area contributed by atoms with Crippen molar-refractivity contribution in [2.24, 2.45) is 0 Å². The Labute approximate surface area is 117 Å². The summed E-state index contributed by atoms with van der Waals surface area (Å²) in [5.41, 5.74) is -1.64. The van der Waals surface area contributed by atoms with Gasteiger partial charge in [0.25, 0.3) is 0 Å². The van der Waals surface area contributed by atoms with Crippen molar-refractivity contribution < 1.29 is 26.3 Å². The fraction of sp³-hybridized carbons (Fsp3) is 0.462. The van der Waals surface area contributed by atoms with Gasteiger partial charge in [0.1, 0.15) is 12.6 Å². The molecule has 116 valence electrons. The molecule has 8 heteroatoms. The van der Waals surface area contributed by atoms with E-state index in [-0.39, 0.29) is 12.2 Å². The molecule has 0 saturated heterocycles. The van der Waals surface area contributed by atoms with Gasteiger partial charge in [-0.2, -0.15) is 31.6 Å². The fourth-order valence-corrected chi connectivity index (χ4v) is 1.85. The lowest BCUT2D eigenvalue weighted by Gasteiger charge is -2.26. The van der Waals surface area contributed by atoms with E-state index in [0.29, 0.717) is 18.6 Å². The van der Waals surface area contributed by atoms with Crippen molar-refractivity contribution in [3.8, 4) is 6.07 Å². The van der Waals surface area contributed by atoms with Crippen molar-refractivity contribution in [2.75, 3.05) is 18.0 Å². The molecule has 0 fully saturated rings. The summed E-state index contributed by atoms with van der Waals surface area (Å²) in [6.07, 6.45) is -8.80. The summed E-state index contributed by atoms with van der Waals surface area (Å²) in [5, 5.41) is 8.90. The minimum atomic E-state index is -4.65. The maximum Gasteiger partial charge on any atom is 0.416 e. The molecule has 0 N–H and O–H groups in total. The van der Waals surface area contributed by atoms with E-state index in [1.54, 1.807) is 6.92 Å². The Balaban J connectivity index is 3.23. The van der Waals surface area contributed by atoms with Crippen molar-refractivity contribution in [1.29, 1.82) is 5.26 Å². The normalized spacial score (nSPS) is 12.1. The number of rotatable bonds is 4. The number of benzene rings is 1. The summed E-state index contributed by atoms with van der Waals surface area (Å²) >= 11 is 0. The number of halogens is 6. The van der Waals surface area contributed by atoms with Crippen LogP contribution in [0.4, 0.5) is 32.0 Å². The highest BCUT2D eigenvalue weighted by Gasteiger charge is 2.34. The second kappa shape index (κ2) is 6.24. The standard InChI is InChI=1S/C13H12F6N2/c1-2-5-21(8-12(14,15)16)11-4-3-10(13(17,18)19)6-9(11)7-20/h3-4,6H,2,5,8H2,1H3. The lowest BCUT2D eigenvalue weighted by atomic mass is 10.1. The number of hydrogen-bond acceptors (Lipinski definition) is 2. The molecular weight excluding hydrogens is 298 g/mol. The van der Waals surface area contributed by atoms with E-state index in [1.165, 1.54) is 6.07 Å². The molecule has 0 unspecified atom stereocenters. The van der Waals surface area contributed by atoms with E-state index in [1.807, 2.05) is 0 Å². The highest BCUT2D eigenvalue weighted by molar-refractivity contribution is 5.61. The van der Waals surface area contributed by atoms with Crippen LogP contribution in [0.2, 0.25) is 0 Å². The molecule has 0 atom stereocenters. The summed E-state index contributed by atoms with van der Waals surface area (Å²) in [7, 11) is 0. The van der Waals surface area contributed by atoms with Gasteiger partial charge in [-0.05, 0) is 24.6 Å². The lowest BCUT2D eigenvalue weighted by molar-refractivity contribution is -0.137. The quantitative estimate of drug-likeness (QED) is 0.773. The van der Waals surface area contributed by atoms with Crippen molar-refractivity contribution in [2.45, 2.75) is 25.7 Å². The van der Waals surface area contributed by atoms with E-state index < -0.39 is 30.0 Å². The van der Waals surface area contributed by atoms with Crippen LogP contribution in [0.25, 0.3) is 0 Å². The Kier molecular flexibility index (Phi) is 5.10. The van der Waals surface area contributed by atoms with Crippen LogP contribution >= 0.6 is 0 Å². The zero-order valence-electron chi connectivity index (χ0n) is 11.0. The maximum absolute atomic E-state index is 12.6. The molecule has 0 spiro atoms. The topological polar surface area (TPSA) is 27.0 Å². The number of alkyl halides is 6. The molecule has 0 saturated carbocycles. The van der Waals surface area contributed by atoms with E-state index >= 15 is 0 Å². The van der Waals surface area contributed by atoms with Crippen LogP contribution in [-0.2, 0) is 6.18 Å². The largest absolute Gasteiger partial charge is 0.416 e. The van der Waals surface area contributed by atoms with Crippen LogP contribution in [-0.4, -0.2) is 19.3 Å². The van der Waals surface area contributed by atoms with Crippen molar-refractivity contribution in [3.05, 3.63) is 29.3 Å². The zero-order chi connectivity index (χ0) is 16.3. The van der Waals surface area contributed by atoms with Gasteiger partial charge in [0, 0.05) is 6.54 Å². The van der Waals surface area contributed by atoms with Crippen LogP contribution in [0.3, 0.4) is 0 Å². The molecule has 0 aromatic heterocycles. The molecule has 0 bridgehead atoms. The Morgan fingerprint density at radius 1 is 1.14 bits per heavy atom. The second-order valence-electron chi connectivity index (χ2n) is 4.38. The fourth-order valence-electron chi connectivity index (χ4n) is 1.85. The van der Waals surface area contributed by atoms with Crippen LogP contribution < -0.4 is 4.90 Å². The summed E-state index contributed by atoms with van der Waals surface area (Å²) in [5.74, 6) is 0. The molecule has 0 aliphatic heterocycles. The van der Waals surface area contributed by atoms with E-state index in [4.69, 9.17) is 5.26 Å². The molecule has 0 amide bonds. The van der Waals surface area contributed by atoms with Crippen LogP contribution in [0.5, 0.6) is 0 Å². The Morgan fingerprint density at radius 3 is 2.19 bits per heavy atom. The van der Waals surface area contributed by atoms with Gasteiger partial charge in [-0.3, -0.25) is 0 Å². The molecule has 2 nitrogen and oxygen atoms in total. The number of anilines is 1. The third-order valence-corrected chi connectivity index (χ3v) is 2.65. The van der Waals surface area contributed by atoms with Crippen molar-refractivity contribution in [1.82, 2.24) is 0 Å². The Hall–Kier alpha value is -1.91. The van der Waals surface area contributed by atoms with Gasteiger partial charge in [-0.1, -0.05) is 6.92 Å². The summed E-state index contributed by atoms with van der Waals surface area (Å²) in [6, 6.07) is 3.67. The summed E-state index contributed by atoms with van der Waals surface area (Å²) < 4.78 is 75.2. The Bertz CT molecular complexity index is 527. The molecule has 1 aromatic rings. The summed E-state index contributed by atoms with van der Waals surface area (Å²) in [6.45, 7) is 0.306. The molecule has 0 aliphatic rings. The first-order chi connectivity index (χ1) is 9.58. The van der Waals surface area contributed by atoms with Gasteiger partial charge in [0.2, 0.25) is 0 Å². The van der Waals surface area contributed by atoms with E-state index in [0.717, 1.165) is 11.0 Å².